The van der Waals surface area contributed by atoms with Crippen LogP contribution in [0.5, 0.6) is 0 Å². The van der Waals surface area contributed by atoms with Crippen molar-refractivity contribution >= 4 is 73.5 Å². The molecule has 0 saturated heterocycles. The maximum absolute atomic E-state index is 14.3. The van der Waals surface area contributed by atoms with E-state index in [2.05, 4.69) is 59.8 Å². The van der Waals surface area contributed by atoms with Gasteiger partial charge in [0.25, 0.3) is 5.91 Å². The molecule has 0 saturated carbocycles. The van der Waals surface area contributed by atoms with Crippen LogP contribution in [0.25, 0.3) is 21.8 Å². The number of anilines is 7. The van der Waals surface area contributed by atoms with E-state index in [1.807, 2.05) is 72.9 Å². The van der Waals surface area contributed by atoms with Gasteiger partial charge in [-0.25, -0.2) is 4.79 Å². The highest BCUT2D eigenvalue weighted by Gasteiger charge is 2.21. The van der Waals surface area contributed by atoms with E-state index in [-0.39, 0.29) is 17.4 Å². The molecule has 1 unspecified atom stereocenters. The topological polar surface area (TPSA) is 193 Å². The van der Waals surface area contributed by atoms with Crippen molar-refractivity contribution in [3.63, 3.8) is 0 Å². The minimum absolute atomic E-state index is 0.0309. The standard InChI is InChI=1S/C48H36N10O3/c1-30(29-58-18-14-45(42-21-32(26-50)6-10-46(42)58)55-36-4-2-3-34(22-36)48(60)61)19-33-7-8-37(56-44-13-17-53-43-9-5-31(25-49)20-41(43)44)24-40(33)47(59)57-39-23-38(27-52-28-39)54-35-11-15-51-16-12-35/h2-18,20-24,27-28,30H,19,29H2,1H3,(H4,51,53,54,56,57,59,60,61)/p+1. The van der Waals surface area contributed by atoms with Gasteiger partial charge >= 0.3 is 5.97 Å². The highest BCUT2D eigenvalue weighted by molar-refractivity contribution is 6.06. The van der Waals surface area contributed by atoms with Gasteiger partial charge in [0.05, 0.1) is 69.2 Å². The number of carboxylic acid groups (broad SMARTS) is 1. The lowest BCUT2D eigenvalue weighted by atomic mass is 9.95. The van der Waals surface area contributed by atoms with Gasteiger partial charge in [0, 0.05) is 70.3 Å². The number of rotatable bonds is 13. The first kappa shape index (κ1) is 39.2. The number of nitrogens with zero attached hydrogens (tertiary/aromatic N) is 6. The second-order valence-electron chi connectivity index (χ2n) is 14.5. The first-order valence-electron chi connectivity index (χ1n) is 19.3. The van der Waals surface area contributed by atoms with Crippen molar-refractivity contribution in [2.24, 2.45) is 5.92 Å². The van der Waals surface area contributed by atoms with Gasteiger partial charge in [0.2, 0.25) is 5.52 Å². The van der Waals surface area contributed by atoms with E-state index < -0.39 is 5.97 Å². The van der Waals surface area contributed by atoms with Gasteiger partial charge in [-0.05, 0) is 96.9 Å². The summed E-state index contributed by atoms with van der Waals surface area (Å²) in [6, 6.07) is 36.8. The summed E-state index contributed by atoms with van der Waals surface area (Å²) < 4.78 is 2.12. The van der Waals surface area contributed by atoms with E-state index >= 15 is 0 Å². The zero-order chi connectivity index (χ0) is 42.3. The molecule has 8 rings (SSSR count). The molecule has 296 valence electrons. The molecule has 1 amide bonds. The third kappa shape index (κ3) is 9.07. The van der Waals surface area contributed by atoms with E-state index in [9.17, 15) is 25.2 Å². The number of aromatic nitrogens is 4. The molecule has 4 heterocycles. The number of aromatic carboxylic acids is 1. The van der Waals surface area contributed by atoms with Gasteiger partial charge < -0.3 is 26.4 Å². The Kier molecular flexibility index (Phi) is 11.2. The second-order valence-corrected chi connectivity index (χ2v) is 14.5. The van der Waals surface area contributed by atoms with Crippen LogP contribution in [0.2, 0.25) is 0 Å². The van der Waals surface area contributed by atoms with Crippen LogP contribution in [0.15, 0.2) is 146 Å². The van der Waals surface area contributed by atoms with Crippen molar-refractivity contribution < 1.29 is 19.3 Å². The number of carboxylic acids is 1. The number of hydrogen-bond donors (Lipinski definition) is 5. The first-order valence-corrected chi connectivity index (χ1v) is 19.3. The predicted molar refractivity (Wildman–Crippen MR) is 234 cm³/mol. The Hall–Kier alpha value is -8.68. The lowest BCUT2D eigenvalue weighted by molar-refractivity contribution is -0.677. The van der Waals surface area contributed by atoms with Crippen LogP contribution in [0, 0.1) is 28.6 Å². The molecule has 0 aliphatic rings. The van der Waals surface area contributed by atoms with Crippen molar-refractivity contribution in [1.82, 2.24) is 15.0 Å². The highest BCUT2D eigenvalue weighted by atomic mass is 16.4. The third-order valence-electron chi connectivity index (χ3n) is 10.1. The van der Waals surface area contributed by atoms with Crippen LogP contribution in [0.4, 0.5) is 39.8 Å². The van der Waals surface area contributed by atoms with Gasteiger partial charge in [-0.3, -0.25) is 19.7 Å². The predicted octanol–water partition coefficient (Wildman–Crippen LogP) is 9.27. The number of benzene rings is 4. The van der Waals surface area contributed by atoms with E-state index in [0.29, 0.717) is 52.4 Å². The minimum atomic E-state index is -1.02. The Morgan fingerprint density at radius 2 is 1.44 bits per heavy atom. The third-order valence-corrected chi connectivity index (χ3v) is 10.1. The number of carbonyl (C=O) groups is 2. The maximum atomic E-state index is 14.3. The van der Waals surface area contributed by atoms with E-state index in [1.54, 1.807) is 67.4 Å². The van der Waals surface area contributed by atoms with Crippen molar-refractivity contribution in [3.05, 3.63) is 174 Å². The first-order chi connectivity index (χ1) is 29.7. The zero-order valence-corrected chi connectivity index (χ0v) is 32.8. The van der Waals surface area contributed by atoms with E-state index in [0.717, 1.165) is 44.4 Å². The molecule has 13 nitrogen and oxygen atoms in total. The fourth-order valence-electron chi connectivity index (χ4n) is 7.24. The number of amides is 1. The maximum Gasteiger partial charge on any atom is 0.335 e. The second kappa shape index (κ2) is 17.4. The number of carbonyl (C=O) groups excluding carboxylic acids is 1. The van der Waals surface area contributed by atoms with Gasteiger partial charge in [-0.1, -0.05) is 19.1 Å². The SMILES string of the molecule is CC(Cc1ccc(Nc2ccnc3ccc(C#N)cc23)cc1C(=O)Nc1cncc(Nc2ccncc2)c1)C[n+]1ccc(Nc2cccc(C(=O)O)c2)c2cc(C#N)ccc21. The number of nitriles is 2. The summed E-state index contributed by atoms with van der Waals surface area (Å²) in [4.78, 5) is 38.8. The Labute approximate surface area is 350 Å². The summed E-state index contributed by atoms with van der Waals surface area (Å²) in [6.07, 6.45) is 10.8. The van der Waals surface area contributed by atoms with Gasteiger partial charge in [0.1, 0.15) is 0 Å². The van der Waals surface area contributed by atoms with E-state index in [1.165, 1.54) is 6.07 Å². The molecule has 61 heavy (non-hydrogen) atoms. The molecule has 0 aliphatic carbocycles. The minimum Gasteiger partial charge on any atom is -0.478 e. The molecule has 4 aromatic carbocycles. The summed E-state index contributed by atoms with van der Waals surface area (Å²) in [7, 11) is 0. The Morgan fingerprint density at radius 3 is 2.23 bits per heavy atom. The normalized spacial score (nSPS) is 11.3. The number of pyridine rings is 4. The molecular formula is C48H37N10O3+. The lowest BCUT2D eigenvalue weighted by Gasteiger charge is -2.17. The lowest BCUT2D eigenvalue weighted by Crippen LogP contribution is -2.38. The fourth-order valence-corrected chi connectivity index (χ4v) is 7.24. The number of nitrogens with one attached hydrogen (secondary N) is 4. The highest BCUT2D eigenvalue weighted by Crippen LogP contribution is 2.30. The molecule has 0 fully saturated rings. The largest absolute Gasteiger partial charge is 0.478 e. The molecule has 13 heteroatoms. The van der Waals surface area contributed by atoms with Crippen molar-refractivity contribution in [1.29, 1.82) is 10.5 Å². The molecule has 1 atom stereocenters. The molecule has 4 aromatic heterocycles. The quantitative estimate of drug-likeness (QED) is 0.0698. The van der Waals surface area contributed by atoms with E-state index in [4.69, 9.17) is 0 Å². The molecule has 8 aromatic rings. The molecule has 5 N–H and O–H groups in total. The smallest absolute Gasteiger partial charge is 0.335 e. The Balaban J connectivity index is 1.09. The van der Waals surface area contributed by atoms with Crippen LogP contribution >= 0.6 is 0 Å². The van der Waals surface area contributed by atoms with Crippen LogP contribution in [-0.2, 0) is 13.0 Å². The van der Waals surface area contributed by atoms with Crippen molar-refractivity contribution in [2.45, 2.75) is 19.9 Å². The fraction of sp³-hybridized carbons (Fsp3) is 0.0833. The average Bonchev–Trinajstić information content (AvgIpc) is 3.28. The van der Waals surface area contributed by atoms with Crippen LogP contribution in [0.1, 0.15) is 44.3 Å². The summed E-state index contributed by atoms with van der Waals surface area (Å²) >= 11 is 0. The average molecular weight is 802 g/mol. The van der Waals surface area contributed by atoms with Gasteiger partial charge in [-0.2, -0.15) is 15.1 Å². The van der Waals surface area contributed by atoms with Gasteiger partial charge in [0.15, 0.2) is 12.7 Å². The van der Waals surface area contributed by atoms with Gasteiger partial charge in [-0.15, -0.1) is 0 Å². The van der Waals surface area contributed by atoms with Crippen LogP contribution in [0.3, 0.4) is 0 Å². The summed E-state index contributed by atoms with van der Waals surface area (Å²) in [5.41, 5.74) is 8.83. The Morgan fingerprint density at radius 1 is 0.705 bits per heavy atom. The van der Waals surface area contributed by atoms with Crippen molar-refractivity contribution in [2.75, 3.05) is 21.3 Å². The Bertz CT molecular complexity index is 3050. The summed E-state index contributed by atoms with van der Waals surface area (Å²) in [5, 5.41) is 43.6. The summed E-state index contributed by atoms with van der Waals surface area (Å²) in [5.74, 6) is -1.31. The molecule has 0 radical (unpaired) electrons. The molecular weight excluding hydrogens is 765 g/mol. The monoisotopic (exact) mass is 801 g/mol. The summed E-state index contributed by atoms with van der Waals surface area (Å²) in [6.45, 7) is 2.70. The number of fused-ring (bicyclic) bond motifs is 2. The number of hydrogen-bond acceptors (Lipinski definition) is 10. The molecule has 0 aliphatic heterocycles. The van der Waals surface area contributed by atoms with Crippen LogP contribution in [-0.4, -0.2) is 31.9 Å². The zero-order valence-electron chi connectivity index (χ0n) is 32.8. The molecule has 0 bridgehead atoms. The van der Waals surface area contributed by atoms with Crippen LogP contribution < -0.4 is 25.8 Å². The van der Waals surface area contributed by atoms with Crippen molar-refractivity contribution in [3.8, 4) is 12.1 Å². The molecule has 0 spiro atoms.